The van der Waals surface area contributed by atoms with Crippen molar-refractivity contribution < 1.29 is 28.8 Å². The van der Waals surface area contributed by atoms with Gasteiger partial charge >= 0.3 is 0 Å². The molecule has 160 valence electrons. The van der Waals surface area contributed by atoms with E-state index in [0.29, 0.717) is 5.39 Å². The average Bonchev–Trinajstić information content (AvgIpc) is 2.70. The Balaban J connectivity index is 1.86. The van der Waals surface area contributed by atoms with Crippen LogP contribution in [-0.4, -0.2) is 86.5 Å². The Kier molecular flexibility index (Phi) is 6.44. The summed E-state index contributed by atoms with van der Waals surface area (Å²) < 4.78 is 28.4. The second-order valence-corrected chi connectivity index (χ2v) is 9.14. The lowest BCUT2D eigenvalue weighted by atomic mass is 9.90. The predicted octanol–water partition coefficient (Wildman–Crippen LogP) is -1.40. The molecule has 6 N–H and O–H groups in total. The minimum atomic E-state index is -3.93. The monoisotopic (exact) mass is 425 g/mol. The smallest absolute Gasteiger partial charge is 0.241 e. The summed E-state index contributed by atoms with van der Waals surface area (Å²) in [6.45, 7) is -0.696. The van der Waals surface area contributed by atoms with Gasteiger partial charge in [0.15, 0.2) is 0 Å². The number of nitrogens with zero attached hydrogens (tertiary/aromatic N) is 1. The zero-order valence-electron chi connectivity index (χ0n) is 16.2. The Morgan fingerprint density at radius 1 is 0.966 bits per heavy atom. The van der Waals surface area contributed by atoms with Gasteiger partial charge in [-0.15, -0.1) is 0 Å². The molecule has 1 aliphatic heterocycles. The highest BCUT2D eigenvalue weighted by atomic mass is 32.2. The summed E-state index contributed by atoms with van der Waals surface area (Å²) in [4.78, 5) is 2.00. The Hall–Kier alpha value is -1.79. The molecule has 0 bridgehead atoms. The van der Waals surface area contributed by atoms with E-state index in [1.165, 1.54) is 6.07 Å². The van der Waals surface area contributed by atoms with Gasteiger partial charge < -0.3 is 30.6 Å². The van der Waals surface area contributed by atoms with Crippen LogP contribution in [0.5, 0.6) is 0 Å². The quantitative estimate of drug-likeness (QED) is 0.332. The van der Waals surface area contributed by atoms with Crippen molar-refractivity contribution in [2.45, 2.75) is 35.3 Å². The zero-order valence-corrected chi connectivity index (χ0v) is 17.0. The highest BCUT2D eigenvalue weighted by Crippen LogP contribution is 2.30. The molecule has 1 saturated heterocycles. The van der Waals surface area contributed by atoms with E-state index in [-0.39, 0.29) is 11.4 Å². The summed E-state index contributed by atoms with van der Waals surface area (Å²) in [5.41, 5.74) is 0.881. The fourth-order valence-corrected chi connectivity index (χ4v) is 4.94. The molecule has 2 aromatic carbocycles. The molecule has 9 nitrogen and oxygen atoms in total. The standard InChI is InChI=1S/C19H27N3O6S/c1-22(2)15-7-3-6-12-11(15)5-4-8-16(12)29(27,28)20-9-13-17(24)19(26)18(25)14(10-23)21-13/h3-8,13-14,17-21,23-26H,9-10H2,1-2H3/t13-,14-,17+,18-,19-/m1/s1. The molecule has 0 amide bonds. The van der Waals surface area contributed by atoms with Gasteiger partial charge in [0.25, 0.3) is 0 Å². The van der Waals surface area contributed by atoms with Crippen LogP contribution in [0.4, 0.5) is 5.69 Å². The van der Waals surface area contributed by atoms with E-state index in [0.717, 1.165) is 11.1 Å². The third-order valence-electron chi connectivity index (χ3n) is 5.27. The van der Waals surface area contributed by atoms with Crippen LogP contribution in [0.25, 0.3) is 10.8 Å². The molecule has 5 atom stereocenters. The van der Waals surface area contributed by atoms with Crippen molar-refractivity contribution in [1.82, 2.24) is 10.0 Å². The molecule has 2 aromatic rings. The molecule has 0 spiro atoms. The van der Waals surface area contributed by atoms with Gasteiger partial charge in [0.2, 0.25) is 10.0 Å². The summed E-state index contributed by atoms with van der Waals surface area (Å²) in [7, 11) is -0.180. The minimum Gasteiger partial charge on any atom is -0.395 e. The summed E-state index contributed by atoms with van der Waals surface area (Å²) in [6.07, 6.45) is -4.25. The molecule has 1 fully saturated rings. The Labute approximate surface area is 169 Å². The van der Waals surface area contributed by atoms with Gasteiger partial charge in [0.05, 0.1) is 29.8 Å². The van der Waals surface area contributed by atoms with E-state index in [9.17, 15) is 28.8 Å². The molecule has 1 aliphatic rings. The number of benzene rings is 2. The van der Waals surface area contributed by atoms with Crippen LogP contribution in [0, 0.1) is 0 Å². The van der Waals surface area contributed by atoms with E-state index in [1.807, 2.05) is 31.1 Å². The van der Waals surface area contributed by atoms with Crippen LogP contribution >= 0.6 is 0 Å². The van der Waals surface area contributed by atoms with Crippen molar-refractivity contribution >= 4 is 26.5 Å². The fraction of sp³-hybridized carbons (Fsp3) is 0.474. The zero-order chi connectivity index (χ0) is 21.3. The van der Waals surface area contributed by atoms with Crippen LogP contribution in [0.2, 0.25) is 0 Å². The van der Waals surface area contributed by atoms with Crippen LogP contribution in [-0.2, 0) is 10.0 Å². The van der Waals surface area contributed by atoms with E-state index < -0.39 is 47.0 Å². The molecular weight excluding hydrogens is 398 g/mol. The van der Waals surface area contributed by atoms with Crippen LogP contribution in [0.15, 0.2) is 41.3 Å². The van der Waals surface area contributed by atoms with Crippen molar-refractivity contribution in [3.63, 3.8) is 0 Å². The maximum absolute atomic E-state index is 13.0. The predicted molar refractivity (Wildman–Crippen MR) is 109 cm³/mol. The second kappa shape index (κ2) is 8.52. The first-order valence-electron chi connectivity index (χ1n) is 9.27. The molecule has 29 heavy (non-hydrogen) atoms. The van der Waals surface area contributed by atoms with Gasteiger partial charge in [-0.05, 0) is 12.1 Å². The normalized spacial score (nSPS) is 27.9. The lowest BCUT2D eigenvalue weighted by Gasteiger charge is -2.41. The Bertz CT molecular complexity index is 966. The van der Waals surface area contributed by atoms with Crippen LogP contribution in [0.1, 0.15) is 0 Å². The van der Waals surface area contributed by atoms with Gasteiger partial charge in [-0.1, -0.05) is 24.3 Å². The van der Waals surface area contributed by atoms with Gasteiger partial charge in [-0.3, -0.25) is 0 Å². The average molecular weight is 426 g/mol. The summed E-state index contributed by atoms with van der Waals surface area (Å²) in [5, 5.41) is 43.4. The first-order chi connectivity index (χ1) is 13.7. The highest BCUT2D eigenvalue weighted by molar-refractivity contribution is 7.89. The van der Waals surface area contributed by atoms with Gasteiger partial charge in [-0.2, -0.15) is 0 Å². The molecule has 3 rings (SSSR count). The van der Waals surface area contributed by atoms with Gasteiger partial charge in [0, 0.05) is 43.1 Å². The third kappa shape index (κ3) is 4.24. The van der Waals surface area contributed by atoms with E-state index in [4.69, 9.17) is 0 Å². The number of anilines is 1. The van der Waals surface area contributed by atoms with E-state index in [2.05, 4.69) is 10.0 Å². The third-order valence-corrected chi connectivity index (χ3v) is 6.75. The number of nitrogens with one attached hydrogen (secondary N) is 2. The first-order valence-corrected chi connectivity index (χ1v) is 10.8. The number of hydrogen-bond donors (Lipinski definition) is 6. The fourth-order valence-electron chi connectivity index (χ4n) is 3.66. The number of rotatable bonds is 6. The number of piperidine rings is 1. The molecule has 1 heterocycles. The van der Waals surface area contributed by atoms with E-state index >= 15 is 0 Å². The maximum Gasteiger partial charge on any atom is 0.241 e. The number of aliphatic hydroxyl groups is 4. The van der Waals surface area contributed by atoms with Crippen molar-refractivity contribution in [3.8, 4) is 0 Å². The van der Waals surface area contributed by atoms with Crippen molar-refractivity contribution in [3.05, 3.63) is 36.4 Å². The van der Waals surface area contributed by atoms with Gasteiger partial charge in [0.1, 0.15) is 6.10 Å². The largest absolute Gasteiger partial charge is 0.395 e. The number of fused-ring (bicyclic) bond motifs is 1. The molecule has 0 aromatic heterocycles. The maximum atomic E-state index is 13.0. The molecule has 0 aliphatic carbocycles. The Morgan fingerprint density at radius 2 is 1.59 bits per heavy atom. The molecular formula is C19H27N3O6S. The first kappa shape index (κ1) is 21.9. The molecule has 10 heteroatoms. The lowest BCUT2D eigenvalue weighted by molar-refractivity contribution is -0.118. The van der Waals surface area contributed by atoms with Crippen molar-refractivity contribution in [2.75, 3.05) is 32.1 Å². The minimum absolute atomic E-state index is 0.100. The lowest BCUT2D eigenvalue weighted by Crippen LogP contribution is -2.68. The summed E-state index contributed by atoms with van der Waals surface area (Å²) >= 11 is 0. The highest BCUT2D eigenvalue weighted by Gasteiger charge is 2.42. The second-order valence-electron chi connectivity index (χ2n) is 7.41. The molecule has 0 radical (unpaired) electrons. The van der Waals surface area contributed by atoms with Crippen LogP contribution in [0.3, 0.4) is 0 Å². The molecule has 0 unspecified atom stereocenters. The Morgan fingerprint density at radius 3 is 2.24 bits per heavy atom. The number of hydrogen-bond acceptors (Lipinski definition) is 8. The van der Waals surface area contributed by atoms with E-state index in [1.54, 1.807) is 18.2 Å². The van der Waals surface area contributed by atoms with Crippen molar-refractivity contribution in [2.24, 2.45) is 0 Å². The summed E-state index contributed by atoms with van der Waals surface area (Å²) in [6, 6.07) is 8.68. The van der Waals surface area contributed by atoms with Gasteiger partial charge in [-0.25, -0.2) is 13.1 Å². The number of aliphatic hydroxyl groups excluding tert-OH is 4. The summed E-state index contributed by atoms with van der Waals surface area (Å²) in [5.74, 6) is 0. The topological polar surface area (TPSA) is 142 Å². The number of sulfonamides is 1. The van der Waals surface area contributed by atoms with Crippen LogP contribution < -0.4 is 14.9 Å². The molecule has 0 saturated carbocycles. The SMILES string of the molecule is CN(C)c1cccc2c(S(=O)(=O)NC[C@H]3N[C@H](CO)[C@@H](O)[C@H](O)[C@H]3O)cccc12. The van der Waals surface area contributed by atoms with Crippen molar-refractivity contribution in [1.29, 1.82) is 0 Å².